The SMILES string of the molecule is COc1ccc(CCCNC(C)CNC(C)C)cc1. The highest BCUT2D eigenvalue weighted by Crippen LogP contribution is 2.12. The zero-order valence-electron chi connectivity index (χ0n) is 12.7. The summed E-state index contributed by atoms with van der Waals surface area (Å²) in [6.45, 7) is 8.67. The van der Waals surface area contributed by atoms with Gasteiger partial charge in [-0.2, -0.15) is 0 Å². The molecule has 0 radical (unpaired) electrons. The Kier molecular flexibility index (Phi) is 7.53. The Balaban J connectivity index is 2.12. The first-order valence-electron chi connectivity index (χ1n) is 7.21. The third-order valence-electron chi connectivity index (χ3n) is 3.13. The van der Waals surface area contributed by atoms with Crippen LogP contribution in [0.1, 0.15) is 32.8 Å². The Hall–Kier alpha value is -1.06. The molecule has 0 spiro atoms. The lowest BCUT2D eigenvalue weighted by molar-refractivity contribution is 0.414. The van der Waals surface area contributed by atoms with Crippen LogP contribution in [0.4, 0.5) is 0 Å². The topological polar surface area (TPSA) is 33.3 Å². The molecule has 0 amide bonds. The van der Waals surface area contributed by atoms with Crippen LogP contribution < -0.4 is 15.4 Å². The van der Waals surface area contributed by atoms with E-state index in [1.807, 2.05) is 12.1 Å². The van der Waals surface area contributed by atoms with Crippen LogP contribution in [0.2, 0.25) is 0 Å². The van der Waals surface area contributed by atoms with Crippen LogP contribution in [0.5, 0.6) is 5.75 Å². The van der Waals surface area contributed by atoms with Gasteiger partial charge in [0, 0.05) is 18.6 Å². The average molecular weight is 264 g/mol. The summed E-state index contributed by atoms with van der Waals surface area (Å²) in [7, 11) is 1.70. The number of rotatable bonds is 9. The maximum atomic E-state index is 5.15. The van der Waals surface area contributed by atoms with Crippen molar-refractivity contribution in [1.29, 1.82) is 0 Å². The van der Waals surface area contributed by atoms with E-state index in [-0.39, 0.29) is 0 Å². The largest absolute Gasteiger partial charge is 0.497 e. The predicted molar refractivity (Wildman–Crippen MR) is 81.9 cm³/mol. The molecule has 0 fully saturated rings. The summed E-state index contributed by atoms with van der Waals surface area (Å²) >= 11 is 0. The van der Waals surface area contributed by atoms with Gasteiger partial charge in [0.25, 0.3) is 0 Å². The molecule has 19 heavy (non-hydrogen) atoms. The van der Waals surface area contributed by atoms with Crippen LogP contribution in [0.25, 0.3) is 0 Å². The number of nitrogens with one attached hydrogen (secondary N) is 2. The van der Waals surface area contributed by atoms with Gasteiger partial charge in [0.05, 0.1) is 7.11 Å². The Bertz CT molecular complexity index is 335. The van der Waals surface area contributed by atoms with Gasteiger partial charge in [0.1, 0.15) is 5.75 Å². The van der Waals surface area contributed by atoms with Gasteiger partial charge < -0.3 is 15.4 Å². The summed E-state index contributed by atoms with van der Waals surface area (Å²) in [5.74, 6) is 0.926. The number of methoxy groups -OCH3 is 1. The number of benzene rings is 1. The fraction of sp³-hybridized carbons (Fsp3) is 0.625. The number of hydrogen-bond donors (Lipinski definition) is 2. The summed E-state index contributed by atoms with van der Waals surface area (Å²) < 4.78 is 5.15. The molecule has 0 bridgehead atoms. The zero-order valence-corrected chi connectivity index (χ0v) is 12.7. The molecule has 2 N–H and O–H groups in total. The van der Waals surface area contributed by atoms with E-state index in [2.05, 4.69) is 43.5 Å². The third kappa shape index (κ3) is 7.19. The maximum Gasteiger partial charge on any atom is 0.118 e. The van der Waals surface area contributed by atoms with Crippen molar-refractivity contribution in [3.05, 3.63) is 29.8 Å². The number of ether oxygens (including phenoxy) is 1. The van der Waals surface area contributed by atoms with Gasteiger partial charge in [0.15, 0.2) is 0 Å². The summed E-state index contributed by atoms with van der Waals surface area (Å²) in [5, 5.41) is 6.98. The van der Waals surface area contributed by atoms with E-state index in [0.717, 1.165) is 25.3 Å². The minimum Gasteiger partial charge on any atom is -0.497 e. The van der Waals surface area contributed by atoms with E-state index in [1.54, 1.807) is 7.11 Å². The number of aryl methyl sites for hydroxylation is 1. The lowest BCUT2D eigenvalue weighted by atomic mass is 10.1. The van der Waals surface area contributed by atoms with Crippen molar-refractivity contribution in [3.63, 3.8) is 0 Å². The molecule has 0 aromatic heterocycles. The van der Waals surface area contributed by atoms with Crippen molar-refractivity contribution in [1.82, 2.24) is 10.6 Å². The lowest BCUT2D eigenvalue weighted by Crippen LogP contribution is -2.39. The Morgan fingerprint density at radius 3 is 2.32 bits per heavy atom. The first kappa shape index (κ1) is 16.0. The minimum atomic E-state index is 0.526. The lowest BCUT2D eigenvalue weighted by Gasteiger charge is -2.16. The maximum absolute atomic E-state index is 5.15. The van der Waals surface area contributed by atoms with Gasteiger partial charge in [-0.15, -0.1) is 0 Å². The Morgan fingerprint density at radius 1 is 1.05 bits per heavy atom. The normalized spacial score (nSPS) is 12.7. The van der Waals surface area contributed by atoms with E-state index in [4.69, 9.17) is 4.74 Å². The first-order valence-corrected chi connectivity index (χ1v) is 7.21. The molecule has 1 atom stereocenters. The average Bonchev–Trinajstić information content (AvgIpc) is 2.42. The molecular weight excluding hydrogens is 236 g/mol. The minimum absolute atomic E-state index is 0.526. The van der Waals surface area contributed by atoms with Gasteiger partial charge in [-0.25, -0.2) is 0 Å². The smallest absolute Gasteiger partial charge is 0.118 e. The van der Waals surface area contributed by atoms with Gasteiger partial charge in [-0.05, 0) is 44.0 Å². The molecule has 0 aliphatic rings. The van der Waals surface area contributed by atoms with Gasteiger partial charge >= 0.3 is 0 Å². The van der Waals surface area contributed by atoms with Crippen molar-refractivity contribution in [2.75, 3.05) is 20.2 Å². The molecule has 1 aromatic rings. The fourth-order valence-electron chi connectivity index (χ4n) is 1.92. The second kappa shape index (κ2) is 8.94. The van der Waals surface area contributed by atoms with E-state index < -0.39 is 0 Å². The van der Waals surface area contributed by atoms with Crippen LogP contribution in [-0.4, -0.2) is 32.3 Å². The van der Waals surface area contributed by atoms with Crippen LogP contribution in [-0.2, 0) is 6.42 Å². The van der Waals surface area contributed by atoms with Gasteiger partial charge in [-0.1, -0.05) is 26.0 Å². The highest BCUT2D eigenvalue weighted by molar-refractivity contribution is 5.27. The van der Waals surface area contributed by atoms with Crippen molar-refractivity contribution in [2.24, 2.45) is 0 Å². The molecular formula is C16H28N2O. The van der Waals surface area contributed by atoms with Crippen molar-refractivity contribution < 1.29 is 4.74 Å². The highest BCUT2D eigenvalue weighted by atomic mass is 16.5. The predicted octanol–water partition coefficient (Wildman–Crippen LogP) is 2.60. The Labute approximate surface area is 117 Å². The van der Waals surface area contributed by atoms with Crippen LogP contribution >= 0.6 is 0 Å². The molecule has 1 aromatic carbocycles. The summed E-state index contributed by atoms with van der Waals surface area (Å²) in [6.07, 6.45) is 2.28. The molecule has 1 rings (SSSR count). The van der Waals surface area contributed by atoms with Gasteiger partial charge in [-0.3, -0.25) is 0 Å². The molecule has 0 heterocycles. The molecule has 0 saturated carbocycles. The third-order valence-corrected chi connectivity index (χ3v) is 3.13. The van der Waals surface area contributed by atoms with Crippen LogP contribution in [0.15, 0.2) is 24.3 Å². The molecule has 3 nitrogen and oxygen atoms in total. The van der Waals surface area contributed by atoms with E-state index in [0.29, 0.717) is 12.1 Å². The quantitative estimate of drug-likeness (QED) is 0.673. The second-order valence-electron chi connectivity index (χ2n) is 5.37. The zero-order chi connectivity index (χ0) is 14.1. The van der Waals surface area contributed by atoms with Crippen LogP contribution in [0, 0.1) is 0 Å². The van der Waals surface area contributed by atoms with Crippen molar-refractivity contribution in [2.45, 2.75) is 45.7 Å². The van der Waals surface area contributed by atoms with E-state index in [9.17, 15) is 0 Å². The molecule has 1 unspecified atom stereocenters. The Morgan fingerprint density at radius 2 is 1.74 bits per heavy atom. The number of hydrogen-bond acceptors (Lipinski definition) is 3. The standard InChI is InChI=1S/C16H28N2O/c1-13(2)18-12-14(3)17-11-5-6-15-7-9-16(19-4)10-8-15/h7-10,13-14,17-18H,5-6,11-12H2,1-4H3. The van der Waals surface area contributed by atoms with Crippen molar-refractivity contribution in [3.8, 4) is 5.75 Å². The fourth-order valence-corrected chi connectivity index (χ4v) is 1.92. The first-order chi connectivity index (χ1) is 9.11. The second-order valence-corrected chi connectivity index (χ2v) is 5.37. The molecule has 3 heteroatoms. The van der Waals surface area contributed by atoms with Crippen molar-refractivity contribution >= 4 is 0 Å². The monoisotopic (exact) mass is 264 g/mol. The summed E-state index contributed by atoms with van der Waals surface area (Å²) in [6, 6.07) is 9.42. The molecule has 0 aliphatic heterocycles. The van der Waals surface area contributed by atoms with E-state index >= 15 is 0 Å². The van der Waals surface area contributed by atoms with Gasteiger partial charge in [0.2, 0.25) is 0 Å². The molecule has 0 saturated heterocycles. The summed E-state index contributed by atoms with van der Waals surface area (Å²) in [4.78, 5) is 0. The summed E-state index contributed by atoms with van der Waals surface area (Å²) in [5.41, 5.74) is 1.37. The highest BCUT2D eigenvalue weighted by Gasteiger charge is 2.01. The van der Waals surface area contributed by atoms with E-state index in [1.165, 1.54) is 12.0 Å². The molecule has 108 valence electrons. The van der Waals surface area contributed by atoms with Crippen LogP contribution in [0.3, 0.4) is 0 Å². The molecule has 0 aliphatic carbocycles.